The Balaban J connectivity index is 1.95. The number of amides is 1. The van der Waals surface area contributed by atoms with E-state index in [1.807, 2.05) is 25.1 Å². The van der Waals surface area contributed by atoms with Gasteiger partial charge < -0.3 is 14.8 Å². The summed E-state index contributed by atoms with van der Waals surface area (Å²) in [5, 5.41) is 13.2. The van der Waals surface area contributed by atoms with Gasteiger partial charge in [-0.05, 0) is 25.1 Å². The third-order valence-corrected chi connectivity index (χ3v) is 3.90. The minimum absolute atomic E-state index is 0.0594. The number of halogens is 2. The third kappa shape index (κ3) is 2.51. The van der Waals surface area contributed by atoms with Crippen molar-refractivity contribution in [3.63, 3.8) is 0 Å². The van der Waals surface area contributed by atoms with Crippen LogP contribution in [-0.4, -0.2) is 11.0 Å². The third-order valence-electron chi connectivity index (χ3n) is 3.32. The van der Waals surface area contributed by atoms with Gasteiger partial charge in [-0.1, -0.05) is 41.4 Å². The molecule has 0 saturated carbocycles. The van der Waals surface area contributed by atoms with E-state index < -0.39 is 5.91 Å². The molecule has 0 saturated heterocycles. The van der Waals surface area contributed by atoms with E-state index in [1.165, 1.54) is 12.1 Å². The van der Waals surface area contributed by atoms with E-state index in [-0.39, 0.29) is 21.6 Å². The van der Waals surface area contributed by atoms with Gasteiger partial charge in [0.05, 0.1) is 10.0 Å². The van der Waals surface area contributed by atoms with Gasteiger partial charge in [0.25, 0.3) is 5.91 Å². The van der Waals surface area contributed by atoms with E-state index in [1.54, 1.807) is 6.07 Å². The lowest BCUT2D eigenvalue weighted by atomic mass is 10.1. The number of carbonyl (C=O) groups is 1. The van der Waals surface area contributed by atoms with E-state index in [0.717, 1.165) is 10.9 Å². The summed E-state index contributed by atoms with van der Waals surface area (Å²) in [5.74, 6) is -0.408. The molecule has 0 atom stereocenters. The zero-order valence-corrected chi connectivity index (χ0v) is 13.0. The molecule has 0 bridgehead atoms. The number of hydrogen-bond donors (Lipinski definition) is 2. The molecule has 0 unspecified atom stereocenters. The number of hydrogen-bond acceptors (Lipinski definition) is 3. The largest absolute Gasteiger partial charge is 0.505 e. The maximum atomic E-state index is 12.4. The molecule has 6 heteroatoms. The van der Waals surface area contributed by atoms with E-state index in [2.05, 4.69) is 5.32 Å². The second-order valence-electron chi connectivity index (χ2n) is 4.79. The molecule has 3 rings (SSSR count). The number of phenolic OH excluding ortho intramolecular Hbond substituents is 1. The van der Waals surface area contributed by atoms with Crippen molar-refractivity contribution < 1.29 is 14.3 Å². The number of para-hydroxylation sites is 1. The van der Waals surface area contributed by atoms with E-state index in [0.29, 0.717) is 11.3 Å². The quantitative estimate of drug-likeness (QED) is 0.647. The lowest BCUT2D eigenvalue weighted by molar-refractivity contribution is 0.0998. The number of aryl methyl sites for hydroxylation is 1. The number of benzene rings is 2. The number of phenols is 1. The molecule has 0 aliphatic heterocycles. The predicted octanol–water partition coefficient (Wildman–Crippen LogP) is 5.01. The summed E-state index contributed by atoms with van der Waals surface area (Å²) >= 11 is 11.7. The molecule has 2 N–H and O–H groups in total. The number of rotatable bonds is 2. The van der Waals surface area contributed by atoms with Crippen LogP contribution >= 0.6 is 23.2 Å². The first-order valence-corrected chi connectivity index (χ1v) is 7.20. The average Bonchev–Trinajstić information content (AvgIpc) is 2.82. The number of carbonyl (C=O) groups excluding carboxylic acids is 1. The molecule has 22 heavy (non-hydrogen) atoms. The van der Waals surface area contributed by atoms with Gasteiger partial charge in [0, 0.05) is 16.6 Å². The molecule has 0 aliphatic carbocycles. The Morgan fingerprint density at radius 1 is 1.18 bits per heavy atom. The second-order valence-corrected chi connectivity index (χ2v) is 5.61. The van der Waals surface area contributed by atoms with Gasteiger partial charge >= 0.3 is 0 Å². The van der Waals surface area contributed by atoms with Crippen molar-refractivity contribution in [3.8, 4) is 5.75 Å². The van der Waals surface area contributed by atoms with Crippen molar-refractivity contribution in [1.29, 1.82) is 0 Å². The lowest BCUT2D eigenvalue weighted by Crippen LogP contribution is -2.12. The summed E-state index contributed by atoms with van der Waals surface area (Å²) in [6.45, 7) is 1.82. The van der Waals surface area contributed by atoms with Crippen LogP contribution in [0.5, 0.6) is 5.75 Å². The van der Waals surface area contributed by atoms with Crippen LogP contribution in [0.2, 0.25) is 10.0 Å². The first-order chi connectivity index (χ1) is 10.5. The van der Waals surface area contributed by atoms with Gasteiger partial charge in [-0.25, -0.2) is 0 Å². The molecule has 4 nitrogen and oxygen atoms in total. The molecule has 0 radical (unpaired) electrons. The van der Waals surface area contributed by atoms with Crippen molar-refractivity contribution in [2.75, 3.05) is 5.32 Å². The fourth-order valence-corrected chi connectivity index (χ4v) is 2.70. The van der Waals surface area contributed by atoms with Crippen molar-refractivity contribution in [1.82, 2.24) is 0 Å². The molecule has 1 amide bonds. The van der Waals surface area contributed by atoms with Crippen molar-refractivity contribution in [2.45, 2.75) is 6.92 Å². The van der Waals surface area contributed by atoms with Gasteiger partial charge in [-0.15, -0.1) is 0 Å². The zero-order valence-electron chi connectivity index (χ0n) is 11.5. The molecule has 0 aliphatic rings. The Hall–Kier alpha value is -2.17. The Kier molecular flexibility index (Phi) is 3.72. The highest BCUT2D eigenvalue weighted by molar-refractivity contribution is 6.37. The van der Waals surface area contributed by atoms with Crippen LogP contribution in [-0.2, 0) is 0 Å². The normalized spacial score (nSPS) is 10.9. The molecule has 0 spiro atoms. The van der Waals surface area contributed by atoms with Crippen LogP contribution in [0.4, 0.5) is 5.69 Å². The molecule has 112 valence electrons. The number of aromatic hydroxyl groups is 1. The number of furan rings is 1. The number of fused-ring (bicyclic) bond motifs is 1. The molecule has 1 heterocycles. The van der Waals surface area contributed by atoms with Crippen LogP contribution in [0.3, 0.4) is 0 Å². The standard InChI is InChI=1S/C16H11Cl2NO3/c1-8-10-4-2-3-5-13(10)22-15(8)16(21)19-9-6-11(17)14(20)12(18)7-9/h2-7,20H,1H3,(H,19,21). The highest BCUT2D eigenvalue weighted by atomic mass is 35.5. The maximum absolute atomic E-state index is 12.4. The van der Waals surface area contributed by atoms with Gasteiger partial charge in [0.2, 0.25) is 0 Å². The fraction of sp³-hybridized carbons (Fsp3) is 0.0625. The number of anilines is 1. The smallest absolute Gasteiger partial charge is 0.291 e. The van der Waals surface area contributed by atoms with Crippen molar-refractivity contribution in [3.05, 3.63) is 57.8 Å². The fourth-order valence-electron chi connectivity index (χ4n) is 2.22. The first-order valence-electron chi connectivity index (χ1n) is 6.45. The Morgan fingerprint density at radius 2 is 1.82 bits per heavy atom. The summed E-state index contributed by atoms with van der Waals surface area (Å²) in [7, 11) is 0. The van der Waals surface area contributed by atoms with Crippen LogP contribution < -0.4 is 5.32 Å². The molecule has 1 aromatic heterocycles. The topological polar surface area (TPSA) is 62.5 Å². The molecular formula is C16H11Cl2NO3. The number of nitrogens with one attached hydrogen (secondary N) is 1. The van der Waals surface area contributed by atoms with E-state index >= 15 is 0 Å². The van der Waals surface area contributed by atoms with Gasteiger partial charge in [0.1, 0.15) is 5.58 Å². The summed E-state index contributed by atoms with van der Waals surface area (Å²) in [6, 6.07) is 10.2. The van der Waals surface area contributed by atoms with Crippen molar-refractivity contribution in [2.24, 2.45) is 0 Å². The van der Waals surface area contributed by atoms with E-state index in [9.17, 15) is 9.90 Å². The predicted molar refractivity (Wildman–Crippen MR) is 87.0 cm³/mol. The van der Waals surface area contributed by atoms with E-state index in [4.69, 9.17) is 27.6 Å². The lowest BCUT2D eigenvalue weighted by Gasteiger charge is -2.07. The minimum atomic E-state index is -0.411. The van der Waals surface area contributed by atoms with Gasteiger partial charge in [0.15, 0.2) is 11.5 Å². The Bertz CT molecular complexity index is 863. The second kappa shape index (κ2) is 5.55. The summed E-state index contributed by atoms with van der Waals surface area (Å²) in [4.78, 5) is 12.4. The van der Waals surface area contributed by atoms with Gasteiger partial charge in [-0.3, -0.25) is 4.79 Å². The zero-order chi connectivity index (χ0) is 15.9. The molecule has 0 fully saturated rings. The van der Waals surface area contributed by atoms with Gasteiger partial charge in [-0.2, -0.15) is 0 Å². The first kappa shape index (κ1) is 14.8. The summed E-state index contributed by atoms with van der Waals surface area (Å²) < 4.78 is 5.59. The van der Waals surface area contributed by atoms with Crippen LogP contribution in [0.15, 0.2) is 40.8 Å². The van der Waals surface area contributed by atoms with Crippen LogP contribution in [0.25, 0.3) is 11.0 Å². The molecule has 3 aromatic rings. The minimum Gasteiger partial charge on any atom is -0.505 e. The van der Waals surface area contributed by atoms with Crippen LogP contribution in [0.1, 0.15) is 16.1 Å². The molecular weight excluding hydrogens is 325 g/mol. The Labute approximate surface area is 136 Å². The highest BCUT2D eigenvalue weighted by Crippen LogP contribution is 2.35. The Morgan fingerprint density at radius 3 is 2.45 bits per heavy atom. The SMILES string of the molecule is Cc1c(C(=O)Nc2cc(Cl)c(O)c(Cl)c2)oc2ccccc12. The average molecular weight is 336 g/mol. The van der Waals surface area contributed by atoms with Crippen LogP contribution in [0, 0.1) is 6.92 Å². The maximum Gasteiger partial charge on any atom is 0.291 e. The highest BCUT2D eigenvalue weighted by Gasteiger charge is 2.18. The monoisotopic (exact) mass is 335 g/mol. The summed E-state index contributed by atoms with van der Waals surface area (Å²) in [5.41, 5.74) is 1.77. The molecule has 2 aromatic carbocycles. The van der Waals surface area contributed by atoms with Crippen molar-refractivity contribution >= 4 is 45.8 Å². The summed E-state index contributed by atoms with van der Waals surface area (Å²) in [6.07, 6.45) is 0.